The van der Waals surface area contributed by atoms with Crippen LogP contribution in [-0.2, 0) is 0 Å². The highest BCUT2D eigenvalue weighted by molar-refractivity contribution is 4.82. The van der Waals surface area contributed by atoms with Gasteiger partial charge in [-0.3, -0.25) is 0 Å². The zero-order valence-corrected chi connectivity index (χ0v) is 9.74. The lowest BCUT2D eigenvalue weighted by atomic mass is 10.0. The van der Waals surface area contributed by atoms with Crippen molar-refractivity contribution in [1.82, 2.24) is 5.32 Å². The van der Waals surface area contributed by atoms with Gasteiger partial charge in [0.25, 0.3) is 0 Å². The zero-order valence-electron chi connectivity index (χ0n) is 9.74. The summed E-state index contributed by atoms with van der Waals surface area (Å²) >= 11 is 0. The molecule has 6 heteroatoms. The van der Waals surface area contributed by atoms with E-state index in [0.29, 0.717) is 0 Å². The predicted octanol–water partition coefficient (Wildman–Crippen LogP) is -2.19. The van der Waals surface area contributed by atoms with E-state index in [4.69, 9.17) is 10.2 Å². The third kappa shape index (κ3) is 5.20. The minimum Gasteiger partial charge on any atom is -0.394 e. The van der Waals surface area contributed by atoms with Crippen molar-refractivity contribution in [3.05, 3.63) is 0 Å². The fourth-order valence-corrected chi connectivity index (χ4v) is 1.15. The first-order chi connectivity index (χ1) is 7.43. The van der Waals surface area contributed by atoms with Crippen molar-refractivity contribution in [1.29, 1.82) is 0 Å². The SMILES string of the molecule is CCC(C)NCC(O)C(O)C(O)C(O)CO. The number of hydrogen-bond acceptors (Lipinski definition) is 6. The highest BCUT2D eigenvalue weighted by atomic mass is 16.4. The summed E-state index contributed by atoms with van der Waals surface area (Å²) in [7, 11) is 0. The number of aliphatic hydroxyl groups is 5. The maximum Gasteiger partial charge on any atom is 0.111 e. The summed E-state index contributed by atoms with van der Waals surface area (Å²) < 4.78 is 0. The van der Waals surface area contributed by atoms with Crippen LogP contribution in [0.2, 0.25) is 0 Å². The van der Waals surface area contributed by atoms with Crippen molar-refractivity contribution in [3.63, 3.8) is 0 Å². The molecule has 6 nitrogen and oxygen atoms in total. The third-order valence-electron chi connectivity index (χ3n) is 2.61. The summed E-state index contributed by atoms with van der Waals surface area (Å²) in [6, 6.07) is 0.196. The van der Waals surface area contributed by atoms with Gasteiger partial charge in [-0.1, -0.05) is 6.92 Å². The van der Waals surface area contributed by atoms with E-state index < -0.39 is 31.0 Å². The van der Waals surface area contributed by atoms with Gasteiger partial charge < -0.3 is 30.8 Å². The van der Waals surface area contributed by atoms with Gasteiger partial charge in [0.1, 0.15) is 18.3 Å². The fourth-order valence-electron chi connectivity index (χ4n) is 1.15. The molecule has 0 rings (SSSR count). The first kappa shape index (κ1) is 15.8. The van der Waals surface area contributed by atoms with E-state index in [1.165, 1.54) is 0 Å². The predicted molar refractivity (Wildman–Crippen MR) is 58.9 cm³/mol. The molecule has 0 bridgehead atoms. The van der Waals surface area contributed by atoms with Crippen LogP contribution in [0.1, 0.15) is 20.3 Å². The molecule has 0 aromatic carbocycles. The zero-order chi connectivity index (χ0) is 12.7. The first-order valence-electron chi connectivity index (χ1n) is 5.50. The summed E-state index contributed by atoms with van der Waals surface area (Å²) in [6.45, 7) is 3.36. The van der Waals surface area contributed by atoms with Crippen LogP contribution in [0.3, 0.4) is 0 Å². The highest BCUT2D eigenvalue weighted by Crippen LogP contribution is 2.04. The molecule has 0 heterocycles. The molecule has 0 aromatic rings. The molecule has 5 atom stereocenters. The van der Waals surface area contributed by atoms with Crippen molar-refractivity contribution in [2.24, 2.45) is 0 Å². The Bertz CT molecular complexity index is 181. The second-order valence-corrected chi connectivity index (χ2v) is 4.02. The number of rotatable bonds is 8. The van der Waals surface area contributed by atoms with Gasteiger partial charge in [-0.2, -0.15) is 0 Å². The van der Waals surface area contributed by atoms with Crippen molar-refractivity contribution in [2.45, 2.75) is 50.7 Å². The van der Waals surface area contributed by atoms with Gasteiger partial charge in [0.05, 0.1) is 12.7 Å². The lowest BCUT2D eigenvalue weighted by Crippen LogP contribution is -2.49. The van der Waals surface area contributed by atoms with Crippen molar-refractivity contribution in [3.8, 4) is 0 Å². The maximum absolute atomic E-state index is 9.51. The van der Waals surface area contributed by atoms with Crippen LogP contribution in [0, 0.1) is 0 Å². The van der Waals surface area contributed by atoms with Gasteiger partial charge in [0.2, 0.25) is 0 Å². The lowest BCUT2D eigenvalue weighted by molar-refractivity contribution is -0.114. The van der Waals surface area contributed by atoms with Crippen LogP contribution in [-0.4, -0.2) is 69.1 Å². The van der Waals surface area contributed by atoms with Crippen LogP contribution in [0.15, 0.2) is 0 Å². The number of nitrogens with one attached hydrogen (secondary N) is 1. The lowest BCUT2D eigenvalue weighted by Gasteiger charge is -2.26. The summed E-state index contributed by atoms with van der Waals surface area (Å²) in [5, 5.41) is 48.9. The molecule has 98 valence electrons. The molecule has 0 aliphatic heterocycles. The maximum atomic E-state index is 9.51. The summed E-state index contributed by atoms with van der Waals surface area (Å²) in [4.78, 5) is 0. The fraction of sp³-hybridized carbons (Fsp3) is 1.00. The molecule has 0 fully saturated rings. The quantitative estimate of drug-likeness (QED) is 0.286. The monoisotopic (exact) mass is 237 g/mol. The minimum atomic E-state index is -1.56. The second-order valence-electron chi connectivity index (χ2n) is 4.02. The molecular formula is C10H23NO5. The van der Waals surface area contributed by atoms with Gasteiger partial charge in [0.15, 0.2) is 0 Å². The van der Waals surface area contributed by atoms with Crippen LogP contribution in [0.25, 0.3) is 0 Å². The van der Waals surface area contributed by atoms with E-state index >= 15 is 0 Å². The summed E-state index contributed by atoms with van der Waals surface area (Å²) in [5.41, 5.74) is 0. The minimum absolute atomic E-state index is 0.116. The Kier molecular flexibility index (Phi) is 7.82. The Labute approximate surface area is 95.5 Å². The Morgan fingerprint density at radius 2 is 1.50 bits per heavy atom. The average Bonchev–Trinajstić information content (AvgIpc) is 2.32. The molecule has 16 heavy (non-hydrogen) atoms. The summed E-state index contributed by atoms with van der Waals surface area (Å²) in [6.07, 6.45) is -4.80. The van der Waals surface area contributed by atoms with Crippen LogP contribution in [0.5, 0.6) is 0 Å². The molecular weight excluding hydrogens is 214 g/mol. The van der Waals surface area contributed by atoms with Gasteiger partial charge in [-0.05, 0) is 13.3 Å². The molecule has 0 amide bonds. The van der Waals surface area contributed by atoms with E-state index in [1.54, 1.807) is 0 Å². The first-order valence-corrected chi connectivity index (χ1v) is 5.50. The Hall–Kier alpha value is -0.240. The smallest absolute Gasteiger partial charge is 0.111 e. The molecule has 6 N–H and O–H groups in total. The van der Waals surface area contributed by atoms with E-state index in [0.717, 1.165) is 6.42 Å². The third-order valence-corrected chi connectivity index (χ3v) is 2.61. The standard InChI is InChI=1S/C10H23NO5/c1-3-6(2)11-4-7(13)9(15)10(16)8(14)5-12/h6-16H,3-5H2,1-2H3. The topological polar surface area (TPSA) is 113 Å². The van der Waals surface area contributed by atoms with Crippen molar-refractivity contribution < 1.29 is 25.5 Å². The normalized spacial score (nSPS) is 21.2. The molecule has 0 radical (unpaired) electrons. The van der Waals surface area contributed by atoms with Crippen molar-refractivity contribution >= 4 is 0 Å². The molecule has 0 aliphatic carbocycles. The van der Waals surface area contributed by atoms with Gasteiger partial charge >= 0.3 is 0 Å². The summed E-state index contributed by atoms with van der Waals surface area (Å²) in [5.74, 6) is 0. The van der Waals surface area contributed by atoms with E-state index in [1.807, 2.05) is 13.8 Å². The molecule has 5 unspecified atom stereocenters. The molecule has 0 saturated heterocycles. The Balaban J connectivity index is 4.02. The van der Waals surface area contributed by atoms with E-state index in [-0.39, 0.29) is 12.6 Å². The van der Waals surface area contributed by atoms with E-state index in [2.05, 4.69) is 5.32 Å². The van der Waals surface area contributed by atoms with Crippen LogP contribution >= 0.6 is 0 Å². The van der Waals surface area contributed by atoms with Crippen LogP contribution in [0.4, 0.5) is 0 Å². The molecule has 0 saturated carbocycles. The van der Waals surface area contributed by atoms with Gasteiger partial charge in [-0.25, -0.2) is 0 Å². The van der Waals surface area contributed by atoms with Crippen molar-refractivity contribution in [2.75, 3.05) is 13.2 Å². The molecule has 0 aromatic heterocycles. The Morgan fingerprint density at radius 1 is 1.00 bits per heavy atom. The molecule has 0 aliphatic rings. The number of hydrogen-bond donors (Lipinski definition) is 6. The average molecular weight is 237 g/mol. The van der Waals surface area contributed by atoms with E-state index in [9.17, 15) is 15.3 Å². The van der Waals surface area contributed by atoms with Gasteiger partial charge in [0, 0.05) is 12.6 Å². The largest absolute Gasteiger partial charge is 0.394 e. The second kappa shape index (κ2) is 7.94. The Morgan fingerprint density at radius 3 is 1.94 bits per heavy atom. The number of aliphatic hydroxyl groups excluding tert-OH is 5. The van der Waals surface area contributed by atoms with Crippen LogP contribution < -0.4 is 5.32 Å². The highest BCUT2D eigenvalue weighted by Gasteiger charge is 2.29. The molecule has 0 spiro atoms. The van der Waals surface area contributed by atoms with Gasteiger partial charge in [-0.15, -0.1) is 0 Å².